The lowest BCUT2D eigenvalue weighted by atomic mass is 10.1. The Labute approximate surface area is 132 Å². The molecule has 0 amide bonds. The van der Waals surface area contributed by atoms with E-state index in [9.17, 15) is 8.42 Å². The molecule has 0 aliphatic heterocycles. The van der Waals surface area contributed by atoms with Crippen LogP contribution in [0.1, 0.15) is 51.7 Å². The summed E-state index contributed by atoms with van der Waals surface area (Å²) in [7, 11) is -3.56. The molecular weight excluding hydrogens is 310 g/mol. The fraction of sp³-hybridized carbons (Fsp3) is 0.733. The second-order valence-electron chi connectivity index (χ2n) is 6.09. The van der Waals surface area contributed by atoms with Gasteiger partial charge in [-0.3, -0.25) is 0 Å². The Kier molecular flexibility index (Phi) is 5.74. The molecule has 0 atom stereocenters. The predicted molar refractivity (Wildman–Crippen MR) is 83.9 cm³/mol. The molecule has 0 saturated heterocycles. The number of furan rings is 1. The minimum atomic E-state index is -3.56. The van der Waals surface area contributed by atoms with E-state index in [-0.39, 0.29) is 17.0 Å². The van der Waals surface area contributed by atoms with Crippen LogP contribution in [0.25, 0.3) is 0 Å². The van der Waals surface area contributed by atoms with Crippen LogP contribution < -0.4 is 0 Å². The van der Waals surface area contributed by atoms with Crippen molar-refractivity contribution in [3.63, 3.8) is 0 Å². The van der Waals surface area contributed by atoms with Gasteiger partial charge in [0.15, 0.2) is 0 Å². The van der Waals surface area contributed by atoms with E-state index in [0.717, 1.165) is 32.1 Å². The summed E-state index contributed by atoms with van der Waals surface area (Å²) in [6.45, 7) is 4.78. The number of hydrogen-bond donors (Lipinski definition) is 0. The molecule has 1 aliphatic rings. The van der Waals surface area contributed by atoms with Crippen molar-refractivity contribution in [1.82, 2.24) is 4.31 Å². The van der Waals surface area contributed by atoms with Gasteiger partial charge in [0.05, 0.1) is 5.88 Å². The highest BCUT2D eigenvalue weighted by atomic mass is 35.5. The van der Waals surface area contributed by atoms with Gasteiger partial charge in [-0.1, -0.05) is 26.7 Å². The molecule has 0 N–H and O–H groups in total. The van der Waals surface area contributed by atoms with E-state index in [2.05, 4.69) is 13.8 Å². The van der Waals surface area contributed by atoms with Gasteiger partial charge in [0, 0.05) is 12.6 Å². The van der Waals surface area contributed by atoms with Gasteiger partial charge >= 0.3 is 0 Å². The van der Waals surface area contributed by atoms with Gasteiger partial charge < -0.3 is 4.42 Å². The third kappa shape index (κ3) is 4.02. The third-order valence-corrected chi connectivity index (χ3v) is 6.08. The zero-order valence-electron chi connectivity index (χ0n) is 12.7. The molecule has 1 heterocycles. The molecule has 0 radical (unpaired) electrons. The van der Waals surface area contributed by atoms with Crippen LogP contribution in [0.4, 0.5) is 0 Å². The van der Waals surface area contributed by atoms with Crippen molar-refractivity contribution in [3.8, 4) is 0 Å². The van der Waals surface area contributed by atoms with E-state index in [1.807, 2.05) is 0 Å². The molecule has 1 aliphatic carbocycles. The first kappa shape index (κ1) is 16.8. The van der Waals surface area contributed by atoms with Crippen LogP contribution in [0.5, 0.6) is 0 Å². The summed E-state index contributed by atoms with van der Waals surface area (Å²) in [5.74, 6) is 1.15. The van der Waals surface area contributed by atoms with E-state index in [1.165, 1.54) is 6.07 Å². The smallest absolute Gasteiger partial charge is 0.276 e. The summed E-state index contributed by atoms with van der Waals surface area (Å²) in [5, 5.41) is 0.0220. The van der Waals surface area contributed by atoms with Crippen molar-refractivity contribution in [2.45, 2.75) is 63.0 Å². The monoisotopic (exact) mass is 333 g/mol. The van der Waals surface area contributed by atoms with Crippen molar-refractivity contribution < 1.29 is 12.8 Å². The quantitative estimate of drug-likeness (QED) is 0.709. The first-order valence-electron chi connectivity index (χ1n) is 7.61. The Morgan fingerprint density at radius 3 is 2.52 bits per heavy atom. The minimum Gasteiger partial charge on any atom is -0.447 e. The average molecular weight is 334 g/mol. The highest BCUT2D eigenvalue weighted by Crippen LogP contribution is 2.30. The molecule has 1 aromatic heterocycles. The molecule has 0 unspecified atom stereocenters. The SMILES string of the molecule is CC(C)CCN(C1CCCC1)S(=O)(=O)c1ccc(CCl)o1. The van der Waals surface area contributed by atoms with Gasteiger partial charge in [0.1, 0.15) is 5.76 Å². The molecule has 1 fully saturated rings. The lowest BCUT2D eigenvalue weighted by molar-refractivity contribution is 0.293. The van der Waals surface area contributed by atoms with E-state index < -0.39 is 10.0 Å². The maximum Gasteiger partial charge on any atom is 0.276 e. The van der Waals surface area contributed by atoms with Crippen molar-refractivity contribution in [2.75, 3.05) is 6.54 Å². The third-order valence-electron chi connectivity index (χ3n) is 3.99. The molecule has 1 saturated carbocycles. The highest BCUT2D eigenvalue weighted by Gasteiger charge is 2.35. The topological polar surface area (TPSA) is 50.5 Å². The fourth-order valence-corrected chi connectivity index (χ4v) is 4.54. The van der Waals surface area contributed by atoms with Crippen molar-refractivity contribution in [2.24, 2.45) is 5.92 Å². The first-order chi connectivity index (χ1) is 9.95. The van der Waals surface area contributed by atoms with Crippen LogP contribution in [0.15, 0.2) is 21.6 Å². The van der Waals surface area contributed by atoms with E-state index in [0.29, 0.717) is 18.2 Å². The maximum absolute atomic E-state index is 12.9. The molecule has 21 heavy (non-hydrogen) atoms. The van der Waals surface area contributed by atoms with Gasteiger partial charge in [0.2, 0.25) is 5.09 Å². The second-order valence-corrected chi connectivity index (χ2v) is 8.18. The Bertz CT molecular complexity index is 547. The van der Waals surface area contributed by atoms with Gasteiger partial charge in [-0.05, 0) is 37.3 Å². The molecule has 0 aromatic carbocycles. The van der Waals surface area contributed by atoms with Crippen LogP contribution in [0.2, 0.25) is 0 Å². The number of alkyl halides is 1. The molecular formula is C15H24ClNO3S. The number of sulfonamides is 1. The fourth-order valence-electron chi connectivity index (χ4n) is 2.76. The van der Waals surface area contributed by atoms with Crippen molar-refractivity contribution in [1.29, 1.82) is 0 Å². The molecule has 4 nitrogen and oxygen atoms in total. The normalized spacial score (nSPS) is 17.2. The van der Waals surface area contributed by atoms with Gasteiger partial charge in [-0.2, -0.15) is 4.31 Å². The van der Waals surface area contributed by atoms with Gasteiger partial charge in [-0.15, -0.1) is 11.6 Å². The van der Waals surface area contributed by atoms with Crippen LogP contribution in [0, 0.1) is 5.92 Å². The summed E-state index contributed by atoms with van der Waals surface area (Å²) in [5.41, 5.74) is 0. The predicted octanol–water partition coefficient (Wildman–Crippen LogP) is 4.00. The average Bonchev–Trinajstić information content (AvgIpc) is 3.09. The second kappa shape index (κ2) is 7.16. The highest BCUT2D eigenvalue weighted by molar-refractivity contribution is 7.89. The summed E-state index contributed by atoms with van der Waals surface area (Å²) in [4.78, 5) is 0. The summed E-state index contributed by atoms with van der Waals surface area (Å²) in [6.07, 6.45) is 4.95. The molecule has 0 spiro atoms. The Hall–Kier alpha value is -0.520. The Morgan fingerprint density at radius 2 is 2.00 bits per heavy atom. The van der Waals surface area contributed by atoms with Crippen molar-refractivity contribution >= 4 is 21.6 Å². The number of hydrogen-bond acceptors (Lipinski definition) is 3. The number of nitrogens with zero attached hydrogens (tertiary/aromatic N) is 1. The van der Waals surface area contributed by atoms with Gasteiger partial charge in [-0.25, -0.2) is 8.42 Å². The van der Waals surface area contributed by atoms with Gasteiger partial charge in [0.25, 0.3) is 10.0 Å². The Morgan fingerprint density at radius 1 is 1.33 bits per heavy atom. The lowest BCUT2D eigenvalue weighted by Gasteiger charge is -2.27. The molecule has 1 aromatic rings. The molecule has 6 heteroatoms. The van der Waals surface area contributed by atoms with E-state index in [1.54, 1.807) is 10.4 Å². The standard InChI is InChI=1S/C15H24ClNO3S/c1-12(2)9-10-17(13-5-3-4-6-13)21(18,19)15-8-7-14(11-16)20-15/h7-8,12-13H,3-6,9-11H2,1-2H3. The zero-order valence-corrected chi connectivity index (χ0v) is 14.3. The number of halogens is 1. The van der Waals surface area contributed by atoms with Crippen LogP contribution in [-0.2, 0) is 15.9 Å². The summed E-state index contributed by atoms with van der Waals surface area (Å²) >= 11 is 5.70. The van der Waals surface area contributed by atoms with Crippen LogP contribution in [-0.4, -0.2) is 25.3 Å². The van der Waals surface area contributed by atoms with Crippen molar-refractivity contribution in [3.05, 3.63) is 17.9 Å². The van der Waals surface area contributed by atoms with E-state index in [4.69, 9.17) is 16.0 Å². The first-order valence-corrected chi connectivity index (χ1v) is 9.59. The minimum absolute atomic E-state index is 0.0220. The van der Waals surface area contributed by atoms with Crippen LogP contribution >= 0.6 is 11.6 Å². The largest absolute Gasteiger partial charge is 0.447 e. The van der Waals surface area contributed by atoms with Crippen LogP contribution in [0.3, 0.4) is 0 Å². The number of rotatable bonds is 7. The molecule has 120 valence electrons. The Balaban J connectivity index is 2.24. The maximum atomic E-state index is 12.9. The lowest BCUT2D eigenvalue weighted by Crippen LogP contribution is -2.39. The zero-order chi connectivity index (χ0) is 15.5. The summed E-state index contributed by atoms with van der Waals surface area (Å²) in [6, 6.07) is 3.26. The molecule has 0 bridgehead atoms. The van der Waals surface area contributed by atoms with E-state index >= 15 is 0 Å². The molecule has 2 rings (SSSR count). The summed E-state index contributed by atoms with van der Waals surface area (Å²) < 4.78 is 32.7.